The number of aromatic amines is 1. The fraction of sp³-hybridized carbons (Fsp3) is 0.375. The van der Waals surface area contributed by atoms with E-state index in [4.69, 9.17) is 4.74 Å². The number of ether oxygens (including phenoxy) is 1. The molecule has 6 nitrogen and oxygen atoms in total. The summed E-state index contributed by atoms with van der Waals surface area (Å²) in [4.78, 5) is 14.6. The van der Waals surface area contributed by atoms with Crippen molar-refractivity contribution in [1.29, 1.82) is 0 Å². The quantitative estimate of drug-likeness (QED) is 0.868. The zero-order valence-corrected chi connectivity index (χ0v) is 12.5. The van der Waals surface area contributed by atoms with Crippen LogP contribution in [0.1, 0.15) is 10.4 Å². The Morgan fingerprint density at radius 2 is 2.22 bits per heavy atom. The minimum absolute atomic E-state index is 0.0245. The van der Waals surface area contributed by atoms with E-state index in [0.29, 0.717) is 36.5 Å². The van der Waals surface area contributed by atoms with E-state index in [9.17, 15) is 9.18 Å². The average Bonchev–Trinajstić information content (AvgIpc) is 3.21. The van der Waals surface area contributed by atoms with E-state index in [0.717, 1.165) is 6.54 Å². The Labute approximate surface area is 132 Å². The van der Waals surface area contributed by atoms with E-state index in [-0.39, 0.29) is 23.9 Å². The van der Waals surface area contributed by atoms with Crippen LogP contribution >= 0.6 is 0 Å². The van der Waals surface area contributed by atoms with Crippen LogP contribution in [0.15, 0.2) is 30.5 Å². The van der Waals surface area contributed by atoms with Crippen molar-refractivity contribution >= 4 is 5.91 Å². The number of aromatic nitrogens is 2. The number of carbonyl (C=O) groups excluding carboxylic acids is 1. The number of fused-ring (bicyclic) bond motifs is 1. The number of morpholine rings is 1. The fourth-order valence-electron chi connectivity index (χ4n) is 3.25. The molecule has 2 aliphatic rings. The number of hydrogen-bond acceptors (Lipinski definition) is 4. The molecule has 0 spiro atoms. The molecule has 0 bridgehead atoms. The number of carbonyl (C=O) groups is 1. The molecule has 23 heavy (non-hydrogen) atoms. The van der Waals surface area contributed by atoms with Crippen LogP contribution in [0.5, 0.6) is 0 Å². The number of halogens is 1. The van der Waals surface area contributed by atoms with Crippen LogP contribution in [-0.2, 0) is 4.74 Å². The highest BCUT2D eigenvalue weighted by atomic mass is 19.1. The monoisotopic (exact) mass is 316 g/mol. The van der Waals surface area contributed by atoms with Gasteiger partial charge in [-0.3, -0.25) is 9.89 Å². The predicted molar refractivity (Wildman–Crippen MR) is 81.4 cm³/mol. The molecule has 7 heteroatoms. The Hall–Kier alpha value is -2.25. The molecule has 2 atom stereocenters. The third-order valence-electron chi connectivity index (χ3n) is 4.41. The summed E-state index contributed by atoms with van der Waals surface area (Å²) < 4.78 is 19.7. The maximum atomic E-state index is 14.0. The summed E-state index contributed by atoms with van der Waals surface area (Å²) in [7, 11) is 0. The predicted octanol–water partition coefficient (Wildman–Crippen LogP) is 1.03. The lowest BCUT2D eigenvalue weighted by Crippen LogP contribution is -2.47. The van der Waals surface area contributed by atoms with Gasteiger partial charge < -0.3 is 15.0 Å². The Morgan fingerprint density at radius 3 is 3.04 bits per heavy atom. The molecule has 2 aromatic rings. The second-order valence-electron chi connectivity index (χ2n) is 5.82. The Morgan fingerprint density at radius 1 is 1.35 bits per heavy atom. The van der Waals surface area contributed by atoms with Gasteiger partial charge in [0, 0.05) is 25.2 Å². The molecule has 3 heterocycles. The van der Waals surface area contributed by atoms with Gasteiger partial charge in [-0.05, 0) is 12.1 Å². The molecule has 2 aliphatic heterocycles. The first kappa shape index (κ1) is 14.3. The van der Waals surface area contributed by atoms with E-state index in [2.05, 4.69) is 15.5 Å². The Kier molecular flexibility index (Phi) is 3.59. The van der Waals surface area contributed by atoms with E-state index in [1.807, 2.05) is 0 Å². The molecular formula is C16H17FN4O2. The molecule has 2 fully saturated rings. The first-order valence-electron chi connectivity index (χ1n) is 7.66. The first-order chi connectivity index (χ1) is 11.2. The maximum Gasteiger partial charge on any atom is 0.257 e. The van der Waals surface area contributed by atoms with Gasteiger partial charge >= 0.3 is 0 Å². The second kappa shape index (κ2) is 5.75. The van der Waals surface area contributed by atoms with Gasteiger partial charge in [0.15, 0.2) is 0 Å². The molecule has 0 unspecified atom stereocenters. The van der Waals surface area contributed by atoms with Gasteiger partial charge in [0.2, 0.25) is 0 Å². The number of likely N-dealkylation sites (tertiary alicyclic amines) is 1. The van der Waals surface area contributed by atoms with Crippen LogP contribution in [0.3, 0.4) is 0 Å². The van der Waals surface area contributed by atoms with Crippen molar-refractivity contribution in [1.82, 2.24) is 20.4 Å². The smallest absolute Gasteiger partial charge is 0.257 e. The van der Waals surface area contributed by atoms with Crippen LogP contribution in [0.4, 0.5) is 4.39 Å². The fourth-order valence-corrected chi connectivity index (χ4v) is 3.25. The van der Waals surface area contributed by atoms with Gasteiger partial charge in [-0.15, -0.1) is 0 Å². The molecule has 4 rings (SSSR count). The van der Waals surface area contributed by atoms with Crippen molar-refractivity contribution in [2.24, 2.45) is 0 Å². The molecule has 2 saturated heterocycles. The minimum Gasteiger partial charge on any atom is -0.373 e. The minimum atomic E-state index is -0.383. The summed E-state index contributed by atoms with van der Waals surface area (Å²) in [6.45, 7) is 2.59. The Balaban J connectivity index is 1.61. The van der Waals surface area contributed by atoms with Crippen LogP contribution in [0.25, 0.3) is 11.3 Å². The van der Waals surface area contributed by atoms with Crippen LogP contribution in [-0.4, -0.2) is 59.4 Å². The summed E-state index contributed by atoms with van der Waals surface area (Å²) in [6.07, 6.45) is 1.48. The molecule has 0 aliphatic carbocycles. The average molecular weight is 316 g/mol. The molecule has 0 saturated carbocycles. The van der Waals surface area contributed by atoms with E-state index in [1.54, 1.807) is 23.1 Å². The number of amides is 1. The van der Waals surface area contributed by atoms with Crippen LogP contribution in [0, 0.1) is 5.82 Å². The zero-order chi connectivity index (χ0) is 15.8. The van der Waals surface area contributed by atoms with Crippen LogP contribution in [0.2, 0.25) is 0 Å². The van der Waals surface area contributed by atoms with Gasteiger partial charge in [0.25, 0.3) is 5.91 Å². The second-order valence-corrected chi connectivity index (χ2v) is 5.82. The lowest BCUT2D eigenvalue weighted by Gasteiger charge is -2.25. The lowest BCUT2D eigenvalue weighted by atomic mass is 10.1. The first-order valence-corrected chi connectivity index (χ1v) is 7.66. The normalized spacial score (nSPS) is 23.8. The molecule has 120 valence electrons. The van der Waals surface area contributed by atoms with Gasteiger partial charge in [-0.25, -0.2) is 4.39 Å². The molecular weight excluding hydrogens is 299 g/mol. The third kappa shape index (κ3) is 2.51. The van der Waals surface area contributed by atoms with Crippen molar-refractivity contribution in [3.63, 3.8) is 0 Å². The zero-order valence-electron chi connectivity index (χ0n) is 12.5. The van der Waals surface area contributed by atoms with Gasteiger partial charge in [-0.1, -0.05) is 12.1 Å². The van der Waals surface area contributed by atoms with Gasteiger partial charge in [0.05, 0.1) is 36.2 Å². The van der Waals surface area contributed by atoms with Crippen molar-refractivity contribution in [3.05, 3.63) is 41.8 Å². The van der Waals surface area contributed by atoms with Crippen molar-refractivity contribution in [3.8, 4) is 11.3 Å². The van der Waals surface area contributed by atoms with Crippen LogP contribution < -0.4 is 5.32 Å². The highest BCUT2D eigenvalue weighted by Crippen LogP contribution is 2.26. The Bertz CT molecular complexity index is 718. The summed E-state index contributed by atoms with van der Waals surface area (Å²) in [5, 5.41) is 10.0. The number of benzene rings is 1. The molecule has 2 N–H and O–H groups in total. The van der Waals surface area contributed by atoms with E-state index < -0.39 is 0 Å². The summed E-state index contributed by atoms with van der Waals surface area (Å²) in [5.41, 5.74) is 1.14. The highest BCUT2D eigenvalue weighted by molar-refractivity contribution is 6.00. The largest absolute Gasteiger partial charge is 0.373 e. The topological polar surface area (TPSA) is 70.2 Å². The molecule has 0 radical (unpaired) electrons. The highest BCUT2D eigenvalue weighted by Gasteiger charge is 2.38. The van der Waals surface area contributed by atoms with E-state index in [1.165, 1.54) is 12.3 Å². The van der Waals surface area contributed by atoms with Gasteiger partial charge in [0.1, 0.15) is 5.82 Å². The number of H-pyrrole nitrogens is 1. The summed E-state index contributed by atoms with van der Waals surface area (Å²) in [5.74, 6) is -0.539. The van der Waals surface area contributed by atoms with Crippen molar-refractivity contribution in [2.45, 2.75) is 12.1 Å². The SMILES string of the molecule is O=C(c1cn[nH]c1-c1ccccc1F)N1C[C@@H]2NCCO[C@H]2C1. The summed E-state index contributed by atoms with van der Waals surface area (Å²) in [6, 6.07) is 6.51. The third-order valence-corrected chi connectivity index (χ3v) is 4.41. The van der Waals surface area contributed by atoms with Crippen molar-refractivity contribution < 1.29 is 13.9 Å². The molecule has 1 aromatic heterocycles. The number of rotatable bonds is 2. The number of hydrogen-bond donors (Lipinski definition) is 2. The van der Waals surface area contributed by atoms with Crippen molar-refractivity contribution in [2.75, 3.05) is 26.2 Å². The lowest BCUT2D eigenvalue weighted by molar-refractivity contribution is 0.0176. The number of nitrogens with one attached hydrogen (secondary N) is 2. The van der Waals surface area contributed by atoms with Gasteiger partial charge in [-0.2, -0.15) is 5.10 Å². The maximum absolute atomic E-state index is 14.0. The van der Waals surface area contributed by atoms with E-state index >= 15 is 0 Å². The number of nitrogens with zero attached hydrogens (tertiary/aromatic N) is 2. The summed E-state index contributed by atoms with van der Waals surface area (Å²) >= 11 is 0. The standard InChI is InChI=1S/C16H17FN4O2/c17-12-4-2-1-3-10(12)15-11(7-19-20-15)16(22)21-8-13-14(9-21)23-6-5-18-13/h1-4,7,13-14,18H,5-6,8-9H2,(H,19,20)/t13-,14-/m0/s1. The molecule has 1 amide bonds. The molecule has 1 aromatic carbocycles.